The largest absolute Gasteiger partial charge is 0.493 e. The van der Waals surface area contributed by atoms with Gasteiger partial charge in [0.1, 0.15) is 5.69 Å². The van der Waals surface area contributed by atoms with Gasteiger partial charge in [-0.05, 0) is 25.1 Å². The van der Waals surface area contributed by atoms with Crippen LogP contribution in [0.2, 0.25) is 0 Å². The number of benzene rings is 1. The van der Waals surface area contributed by atoms with Gasteiger partial charge in [-0.15, -0.1) is 0 Å². The van der Waals surface area contributed by atoms with Crippen LogP contribution in [-0.2, 0) is 16.6 Å². The van der Waals surface area contributed by atoms with Gasteiger partial charge >= 0.3 is 5.97 Å². The normalized spacial score (nSPS) is 10.2. The molecule has 1 aromatic heterocycles. The van der Waals surface area contributed by atoms with E-state index in [0.717, 1.165) is 0 Å². The molecular weight excluding hydrogens is 340 g/mol. The number of carbonyl (C=O) groups is 3. The molecule has 0 atom stereocenters. The minimum absolute atomic E-state index is 0.161. The van der Waals surface area contributed by atoms with E-state index in [9.17, 15) is 14.4 Å². The van der Waals surface area contributed by atoms with Crippen molar-refractivity contribution in [3.8, 4) is 11.5 Å². The number of nitrogens with one attached hydrogen (secondary N) is 1. The lowest BCUT2D eigenvalue weighted by molar-refractivity contribution is -0.119. The van der Waals surface area contributed by atoms with E-state index >= 15 is 0 Å². The summed E-state index contributed by atoms with van der Waals surface area (Å²) in [5.41, 5.74) is 1.06. The summed E-state index contributed by atoms with van der Waals surface area (Å²) >= 11 is 0. The van der Waals surface area contributed by atoms with Crippen LogP contribution in [0.3, 0.4) is 0 Å². The van der Waals surface area contributed by atoms with Crippen LogP contribution >= 0.6 is 0 Å². The number of carbonyl (C=O) groups excluding carboxylic acids is 3. The lowest BCUT2D eigenvalue weighted by atomic mass is 10.2. The molecule has 1 heterocycles. The molecule has 0 radical (unpaired) electrons. The number of Topliss-reactive ketones (excluding diaryl/α,β-unsaturated/α-hetero) is 1. The van der Waals surface area contributed by atoms with Gasteiger partial charge in [-0.2, -0.15) is 0 Å². The van der Waals surface area contributed by atoms with E-state index in [1.165, 1.54) is 38.0 Å². The van der Waals surface area contributed by atoms with Gasteiger partial charge in [-0.25, -0.2) is 4.79 Å². The maximum absolute atomic E-state index is 12.1. The molecule has 8 heteroatoms. The summed E-state index contributed by atoms with van der Waals surface area (Å²) in [6.07, 6.45) is 1.53. The molecule has 0 bridgehead atoms. The molecule has 0 unspecified atom stereocenters. The van der Waals surface area contributed by atoms with E-state index in [4.69, 9.17) is 14.2 Å². The van der Waals surface area contributed by atoms with Gasteiger partial charge in [0.2, 0.25) is 0 Å². The van der Waals surface area contributed by atoms with E-state index < -0.39 is 18.5 Å². The number of nitrogens with zero attached hydrogens (tertiary/aromatic N) is 1. The van der Waals surface area contributed by atoms with Crippen molar-refractivity contribution >= 4 is 23.3 Å². The number of esters is 1. The SMILES string of the molecule is COc1ccc(NC(=O)COC(=O)c2cc(C(C)=O)cn2C)cc1OC. The maximum atomic E-state index is 12.1. The van der Waals surface area contributed by atoms with Crippen molar-refractivity contribution in [2.24, 2.45) is 7.05 Å². The second kappa shape index (κ2) is 8.19. The first-order valence-corrected chi connectivity index (χ1v) is 7.72. The second-order valence-corrected chi connectivity index (χ2v) is 5.48. The number of hydrogen-bond donors (Lipinski definition) is 1. The van der Waals surface area contributed by atoms with Crippen molar-refractivity contribution in [2.75, 3.05) is 26.1 Å². The zero-order valence-electron chi connectivity index (χ0n) is 15.0. The Balaban J connectivity index is 1.96. The van der Waals surface area contributed by atoms with E-state index in [1.54, 1.807) is 25.2 Å². The third kappa shape index (κ3) is 4.41. The Morgan fingerprint density at radius 3 is 2.35 bits per heavy atom. The molecule has 1 N–H and O–H groups in total. The molecule has 0 spiro atoms. The van der Waals surface area contributed by atoms with Gasteiger partial charge in [-0.1, -0.05) is 0 Å². The number of rotatable bonds is 7. The molecule has 1 amide bonds. The average Bonchev–Trinajstić information content (AvgIpc) is 3.01. The fourth-order valence-electron chi connectivity index (χ4n) is 2.28. The first-order valence-electron chi connectivity index (χ1n) is 7.72. The lowest BCUT2D eigenvalue weighted by Crippen LogP contribution is -2.21. The Morgan fingerprint density at radius 2 is 1.77 bits per heavy atom. The molecule has 0 saturated carbocycles. The highest BCUT2D eigenvalue weighted by Crippen LogP contribution is 2.29. The Kier molecular flexibility index (Phi) is 6.00. The van der Waals surface area contributed by atoms with E-state index in [-0.39, 0.29) is 11.5 Å². The van der Waals surface area contributed by atoms with Gasteiger partial charge in [-0.3, -0.25) is 9.59 Å². The summed E-state index contributed by atoms with van der Waals surface area (Å²) in [7, 11) is 4.61. The molecule has 0 aliphatic rings. The minimum atomic E-state index is -0.692. The zero-order chi connectivity index (χ0) is 19.3. The Hall–Kier alpha value is -3.29. The number of amides is 1. The molecule has 0 aliphatic carbocycles. The summed E-state index contributed by atoms with van der Waals surface area (Å²) < 4.78 is 16.8. The standard InChI is InChI=1S/C18H20N2O6/c1-11(21)12-7-14(20(2)9-12)18(23)26-10-17(22)19-13-5-6-15(24-3)16(8-13)25-4/h5-9H,10H2,1-4H3,(H,19,22). The highest BCUT2D eigenvalue weighted by atomic mass is 16.5. The second-order valence-electron chi connectivity index (χ2n) is 5.48. The number of ether oxygens (including phenoxy) is 3. The van der Waals surface area contributed by atoms with Crippen LogP contribution in [-0.4, -0.2) is 43.1 Å². The predicted molar refractivity (Wildman–Crippen MR) is 93.9 cm³/mol. The number of aryl methyl sites for hydroxylation is 1. The van der Waals surface area contributed by atoms with Crippen LogP contribution in [0.25, 0.3) is 0 Å². The molecule has 1 aromatic carbocycles. The summed E-state index contributed by atoms with van der Waals surface area (Å²) in [5.74, 6) is -0.371. The topological polar surface area (TPSA) is 95.9 Å². The molecule has 138 valence electrons. The summed E-state index contributed by atoms with van der Waals surface area (Å²) in [6.45, 7) is 0.939. The molecule has 0 saturated heterocycles. The van der Waals surface area contributed by atoms with Crippen molar-refractivity contribution in [2.45, 2.75) is 6.92 Å². The van der Waals surface area contributed by atoms with Crippen molar-refractivity contribution in [1.29, 1.82) is 0 Å². The van der Waals surface area contributed by atoms with Crippen LogP contribution in [0, 0.1) is 0 Å². The first-order chi connectivity index (χ1) is 12.3. The summed E-state index contributed by atoms with van der Waals surface area (Å²) in [6, 6.07) is 6.30. The van der Waals surface area contributed by atoms with Gasteiger partial charge in [0, 0.05) is 30.6 Å². The van der Waals surface area contributed by atoms with Crippen LogP contribution < -0.4 is 14.8 Å². The van der Waals surface area contributed by atoms with Crippen LogP contribution in [0.4, 0.5) is 5.69 Å². The number of methoxy groups -OCH3 is 2. The highest BCUT2D eigenvalue weighted by molar-refractivity contribution is 5.99. The molecule has 0 fully saturated rings. The summed E-state index contributed by atoms with van der Waals surface area (Å²) in [4.78, 5) is 35.4. The fourth-order valence-corrected chi connectivity index (χ4v) is 2.28. The molecule has 8 nitrogen and oxygen atoms in total. The molecule has 26 heavy (non-hydrogen) atoms. The van der Waals surface area contributed by atoms with Crippen molar-refractivity contribution in [1.82, 2.24) is 4.57 Å². The average molecular weight is 360 g/mol. The predicted octanol–water partition coefficient (Wildman–Crippen LogP) is 2.04. The monoisotopic (exact) mass is 360 g/mol. The fraction of sp³-hybridized carbons (Fsp3) is 0.278. The highest BCUT2D eigenvalue weighted by Gasteiger charge is 2.16. The van der Waals surface area contributed by atoms with Crippen LogP contribution in [0.5, 0.6) is 11.5 Å². The third-order valence-corrected chi connectivity index (χ3v) is 3.62. The zero-order valence-corrected chi connectivity index (χ0v) is 15.0. The number of hydrogen-bond acceptors (Lipinski definition) is 6. The smallest absolute Gasteiger partial charge is 0.355 e. The van der Waals surface area contributed by atoms with Crippen molar-refractivity contribution in [3.63, 3.8) is 0 Å². The molecule has 2 rings (SSSR count). The molecule has 0 aliphatic heterocycles. The maximum Gasteiger partial charge on any atom is 0.355 e. The van der Waals surface area contributed by atoms with E-state index in [1.807, 2.05) is 0 Å². The van der Waals surface area contributed by atoms with Crippen molar-refractivity contribution in [3.05, 3.63) is 41.7 Å². The van der Waals surface area contributed by atoms with E-state index in [2.05, 4.69) is 5.32 Å². The Labute approximate surface area is 150 Å². The Morgan fingerprint density at radius 1 is 1.08 bits per heavy atom. The molecule has 2 aromatic rings. The number of ketones is 1. The number of anilines is 1. The van der Waals surface area contributed by atoms with Gasteiger partial charge in [0.15, 0.2) is 23.9 Å². The quantitative estimate of drug-likeness (QED) is 0.600. The summed E-state index contributed by atoms with van der Waals surface area (Å²) in [5, 5.41) is 2.60. The minimum Gasteiger partial charge on any atom is -0.493 e. The van der Waals surface area contributed by atoms with Gasteiger partial charge in [0.05, 0.1) is 14.2 Å². The third-order valence-electron chi connectivity index (χ3n) is 3.62. The first kappa shape index (κ1) is 19.0. The van der Waals surface area contributed by atoms with Crippen LogP contribution in [0.15, 0.2) is 30.5 Å². The number of aromatic nitrogens is 1. The van der Waals surface area contributed by atoms with Crippen LogP contribution in [0.1, 0.15) is 27.8 Å². The Bertz CT molecular complexity index is 840. The molecular formula is C18H20N2O6. The van der Waals surface area contributed by atoms with Crippen molar-refractivity contribution < 1.29 is 28.6 Å². The van der Waals surface area contributed by atoms with E-state index in [0.29, 0.717) is 22.7 Å². The van der Waals surface area contributed by atoms with Gasteiger partial charge in [0.25, 0.3) is 5.91 Å². The lowest BCUT2D eigenvalue weighted by Gasteiger charge is -2.11. The van der Waals surface area contributed by atoms with Gasteiger partial charge < -0.3 is 24.1 Å².